The van der Waals surface area contributed by atoms with Crippen LogP contribution in [-0.4, -0.2) is 31.7 Å². The monoisotopic (exact) mass is 577 g/mol. The molecule has 0 saturated heterocycles. The van der Waals surface area contributed by atoms with E-state index in [4.69, 9.17) is 37.4 Å². The molecule has 0 unspecified atom stereocenters. The van der Waals surface area contributed by atoms with Crippen LogP contribution in [0.5, 0.6) is 17.2 Å². The first-order valence-electron chi connectivity index (χ1n) is 12.1. The van der Waals surface area contributed by atoms with Crippen molar-refractivity contribution in [1.29, 1.82) is 0 Å². The number of hydrogen-bond donors (Lipinski definition) is 2. The average Bonchev–Trinajstić information content (AvgIpc) is 2.97. The Morgan fingerprint density at radius 3 is 2.45 bits per heavy atom. The predicted molar refractivity (Wildman–Crippen MR) is 156 cm³/mol. The summed E-state index contributed by atoms with van der Waals surface area (Å²) in [7, 11) is 1.51. The van der Waals surface area contributed by atoms with E-state index in [0.29, 0.717) is 50.7 Å². The number of amides is 2. The zero-order chi connectivity index (χ0) is 28.3. The summed E-state index contributed by atoms with van der Waals surface area (Å²) in [5, 5.41) is 7.44. The number of carbonyl (C=O) groups excluding carboxylic acids is 2. The lowest BCUT2D eigenvalue weighted by atomic mass is 10.2. The van der Waals surface area contributed by atoms with Gasteiger partial charge in [0.15, 0.2) is 18.1 Å². The van der Waals surface area contributed by atoms with Gasteiger partial charge in [-0.1, -0.05) is 65.7 Å². The molecule has 204 valence electrons. The number of hydrogen-bond acceptors (Lipinski definition) is 6. The highest BCUT2D eigenvalue weighted by atomic mass is 35.5. The molecule has 0 atom stereocenters. The van der Waals surface area contributed by atoms with Gasteiger partial charge in [0.25, 0.3) is 11.8 Å². The highest BCUT2D eigenvalue weighted by Crippen LogP contribution is 2.29. The van der Waals surface area contributed by atoms with E-state index >= 15 is 0 Å². The molecule has 0 spiro atoms. The van der Waals surface area contributed by atoms with Crippen molar-refractivity contribution in [2.45, 2.75) is 6.61 Å². The summed E-state index contributed by atoms with van der Waals surface area (Å²) in [5.41, 5.74) is 5.02. The van der Waals surface area contributed by atoms with Crippen molar-refractivity contribution in [3.63, 3.8) is 0 Å². The summed E-state index contributed by atoms with van der Waals surface area (Å²) in [6.45, 7) is 0.155. The minimum Gasteiger partial charge on any atom is -0.493 e. The summed E-state index contributed by atoms with van der Waals surface area (Å²) in [6.07, 6.45) is 1.47. The van der Waals surface area contributed by atoms with Crippen molar-refractivity contribution in [2.75, 3.05) is 19.0 Å². The van der Waals surface area contributed by atoms with E-state index in [1.165, 1.54) is 13.3 Å². The Hall–Kier alpha value is -4.53. The predicted octanol–water partition coefficient (Wildman–Crippen LogP) is 6.36. The zero-order valence-electron chi connectivity index (χ0n) is 21.4. The molecule has 0 radical (unpaired) electrons. The second-order valence-electron chi connectivity index (χ2n) is 8.38. The van der Waals surface area contributed by atoms with E-state index < -0.39 is 5.91 Å². The van der Waals surface area contributed by atoms with E-state index in [1.54, 1.807) is 60.7 Å². The third kappa shape index (κ3) is 8.23. The number of benzene rings is 4. The first-order chi connectivity index (χ1) is 19.4. The maximum absolute atomic E-state index is 12.6. The summed E-state index contributed by atoms with van der Waals surface area (Å²) in [6, 6.07) is 26.3. The van der Waals surface area contributed by atoms with Crippen molar-refractivity contribution < 1.29 is 23.8 Å². The van der Waals surface area contributed by atoms with Crippen LogP contribution >= 0.6 is 23.2 Å². The van der Waals surface area contributed by atoms with Gasteiger partial charge in [-0.3, -0.25) is 9.59 Å². The highest BCUT2D eigenvalue weighted by Gasteiger charge is 2.11. The molecule has 10 heteroatoms. The standard InChI is InChI=1S/C30H25Cl2N3O5/c1-38-28-15-22(10-13-27(28)40-18-20-6-3-2-4-7-20)30(37)35-33-17-21-8-5-9-24(14-21)39-19-29(36)34-23-11-12-25(31)26(32)16-23/h2-17H,18-19H2,1H3,(H,34,36)(H,35,37)/b33-17+. The number of ether oxygens (including phenoxy) is 3. The Labute approximate surface area is 241 Å². The molecule has 2 amide bonds. The van der Waals surface area contributed by atoms with E-state index in [1.807, 2.05) is 30.3 Å². The third-order valence-corrected chi connectivity index (χ3v) is 6.21. The van der Waals surface area contributed by atoms with Gasteiger partial charge in [-0.25, -0.2) is 5.43 Å². The summed E-state index contributed by atoms with van der Waals surface area (Å²) < 4.78 is 16.8. The summed E-state index contributed by atoms with van der Waals surface area (Å²) in [4.78, 5) is 24.8. The molecule has 0 fully saturated rings. The molecule has 0 bridgehead atoms. The molecular weight excluding hydrogens is 553 g/mol. The number of hydrazone groups is 1. The molecule has 0 heterocycles. The fourth-order valence-electron chi connectivity index (χ4n) is 3.50. The molecule has 0 saturated carbocycles. The lowest BCUT2D eigenvalue weighted by Gasteiger charge is -2.12. The van der Waals surface area contributed by atoms with Crippen molar-refractivity contribution in [3.8, 4) is 17.2 Å². The van der Waals surface area contributed by atoms with Crippen LogP contribution in [0.4, 0.5) is 5.69 Å². The Bertz CT molecular complexity index is 1510. The third-order valence-electron chi connectivity index (χ3n) is 5.47. The zero-order valence-corrected chi connectivity index (χ0v) is 22.9. The van der Waals surface area contributed by atoms with Gasteiger partial charge in [-0.2, -0.15) is 5.10 Å². The number of methoxy groups -OCH3 is 1. The van der Waals surface area contributed by atoms with Crippen LogP contribution in [0.25, 0.3) is 0 Å². The molecule has 2 N–H and O–H groups in total. The fraction of sp³-hybridized carbons (Fsp3) is 0.100. The average molecular weight is 578 g/mol. The molecule has 0 aliphatic carbocycles. The van der Waals surface area contributed by atoms with Crippen molar-refractivity contribution in [3.05, 3.63) is 118 Å². The van der Waals surface area contributed by atoms with Crippen molar-refractivity contribution in [2.24, 2.45) is 5.10 Å². The molecule has 4 aromatic rings. The molecule has 0 aromatic heterocycles. The van der Waals surface area contributed by atoms with Gasteiger partial charge >= 0.3 is 0 Å². The van der Waals surface area contributed by atoms with Crippen LogP contribution in [-0.2, 0) is 11.4 Å². The number of nitrogens with one attached hydrogen (secondary N) is 2. The van der Waals surface area contributed by atoms with Gasteiger partial charge in [0.1, 0.15) is 12.4 Å². The number of nitrogens with zero attached hydrogens (tertiary/aromatic N) is 1. The molecular formula is C30H25Cl2N3O5. The topological polar surface area (TPSA) is 98.3 Å². The second kappa shape index (κ2) is 14.0. The lowest BCUT2D eigenvalue weighted by Crippen LogP contribution is -2.20. The quantitative estimate of drug-likeness (QED) is 0.159. The van der Waals surface area contributed by atoms with Gasteiger partial charge in [0, 0.05) is 11.3 Å². The van der Waals surface area contributed by atoms with Crippen LogP contribution in [0.2, 0.25) is 10.0 Å². The lowest BCUT2D eigenvalue weighted by molar-refractivity contribution is -0.118. The smallest absolute Gasteiger partial charge is 0.271 e. The number of anilines is 1. The largest absolute Gasteiger partial charge is 0.493 e. The van der Waals surface area contributed by atoms with Crippen LogP contribution in [0, 0.1) is 0 Å². The maximum Gasteiger partial charge on any atom is 0.271 e. The van der Waals surface area contributed by atoms with Crippen molar-refractivity contribution >= 4 is 46.9 Å². The Kier molecular flexibility index (Phi) is 9.99. The fourth-order valence-corrected chi connectivity index (χ4v) is 3.80. The molecule has 8 nitrogen and oxygen atoms in total. The summed E-state index contributed by atoms with van der Waals surface area (Å²) >= 11 is 11.9. The van der Waals surface area contributed by atoms with Crippen LogP contribution < -0.4 is 25.0 Å². The van der Waals surface area contributed by atoms with Crippen LogP contribution in [0.15, 0.2) is 96.1 Å². The van der Waals surface area contributed by atoms with Crippen LogP contribution in [0.1, 0.15) is 21.5 Å². The first kappa shape index (κ1) is 28.5. The Balaban J connectivity index is 1.29. The first-order valence-corrected chi connectivity index (χ1v) is 12.8. The minimum absolute atomic E-state index is 0.218. The van der Waals surface area contributed by atoms with Gasteiger partial charge in [-0.05, 0) is 59.7 Å². The second-order valence-corrected chi connectivity index (χ2v) is 9.19. The van der Waals surface area contributed by atoms with Gasteiger partial charge < -0.3 is 19.5 Å². The number of carbonyl (C=O) groups is 2. The normalized spacial score (nSPS) is 10.7. The molecule has 0 aliphatic heterocycles. The molecule has 4 rings (SSSR count). The van der Waals surface area contributed by atoms with E-state index in [2.05, 4.69) is 15.8 Å². The Morgan fingerprint density at radius 1 is 0.850 bits per heavy atom. The number of halogens is 2. The molecule has 0 aliphatic rings. The van der Waals surface area contributed by atoms with E-state index in [9.17, 15) is 9.59 Å². The van der Waals surface area contributed by atoms with Crippen LogP contribution in [0.3, 0.4) is 0 Å². The number of rotatable bonds is 11. The highest BCUT2D eigenvalue weighted by molar-refractivity contribution is 6.42. The molecule has 4 aromatic carbocycles. The van der Waals surface area contributed by atoms with E-state index in [0.717, 1.165) is 5.56 Å². The van der Waals surface area contributed by atoms with Crippen molar-refractivity contribution in [1.82, 2.24) is 5.43 Å². The van der Waals surface area contributed by atoms with Gasteiger partial charge in [0.05, 0.1) is 23.4 Å². The summed E-state index contributed by atoms with van der Waals surface area (Å²) in [5.74, 6) is 0.622. The maximum atomic E-state index is 12.6. The van der Waals surface area contributed by atoms with Gasteiger partial charge in [-0.15, -0.1) is 0 Å². The SMILES string of the molecule is COc1cc(C(=O)N/N=C/c2cccc(OCC(=O)Nc3ccc(Cl)c(Cl)c3)c2)ccc1OCc1ccccc1. The minimum atomic E-state index is -0.421. The van der Waals surface area contributed by atoms with Gasteiger partial charge in [0.2, 0.25) is 0 Å². The molecule has 40 heavy (non-hydrogen) atoms. The van der Waals surface area contributed by atoms with E-state index in [-0.39, 0.29) is 12.5 Å². The Morgan fingerprint density at radius 2 is 1.68 bits per heavy atom.